The van der Waals surface area contributed by atoms with Gasteiger partial charge in [0.25, 0.3) is 0 Å². The van der Waals surface area contributed by atoms with E-state index in [1.165, 1.54) is 21.9 Å². The van der Waals surface area contributed by atoms with Gasteiger partial charge < -0.3 is 15.5 Å². The summed E-state index contributed by atoms with van der Waals surface area (Å²) in [6.07, 6.45) is -4.40. The Labute approximate surface area is 189 Å². The molecular weight excluding hydrogens is 437 g/mol. The van der Waals surface area contributed by atoms with Crippen molar-refractivity contribution in [2.24, 2.45) is 0 Å². The van der Waals surface area contributed by atoms with Gasteiger partial charge in [-0.1, -0.05) is 18.2 Å². The maximum Gasteiger partial charge on any atom is 0.416 e. The number of halogens is 3. The molecule has 176 valence electrons. The Morgan fingerprint density at radius 2 is 1.91 bits per heavy atom. The summed E-state index contributed by atoms with van der Waals surface area (Å²) >= 11 is 0. The fraction of sp³-hybridized carbons (Fsp3) is 0.348. The van der Waals surface area contributed by atoms with Gasteiger partial charge in [0.05, 0.1) is 29.5 Å². The van der Waals surface area contributed by atoms with Gasteiger partial charge in [-0.25, -0.2) is 0 Å². The number of benzene rings is 2. The zero-order valence-electron chi connectivity index (χ0n) is 18.4. The van der Waals surface area contributed by atoms with Crippen molar-refractivity contribution in [3.8, 4) is 0 Å². The predicted octanol–water partition coefficient (Wildman–Crippen LogP) is 3.73. The van der Waals surface area contributed by atoms with Crippen LogP contribution in [-0.4, -0.2) is 48.3 Å². The first kappa shape index (κ1) is 24.2. The minimum Gasteiger partial charge on any atom is -0.325 e. The number of rotatable bonds is 5. The molecule has 0 saturated heterocycles. The lowest BCUT2D eigenvalue weighted by Gasteiger charge is -2.31. The number of alkyl halides is 3. The molecule has 3 amide bonds. The van der Waals surface area contributed by atoms with Crippen molar-refractivity contribution in [3.05, 3.63) is 54.1 Å². The van der Waals surface area contributed by atoms with Crippen molar-refractivity contribution in [2.45, 2.75) is 38.5 Å². The largest absolute Gasteiger partial charge is 0.416 e. The summed E-state index contributed by atoms with van der Waals surface area (Å²) in [5.41, 5.74) is 0.239. The van der Waals surface area contributed by atoms with Crippen molar-refractivity contribution in [1.29, 1.82) is 0 Å². The highest BCUT2D eigenvalue weighted by Gasteiger charge is 2.32. The Kier molecular flexibility index (Phi) is 7.06. The van der Waals surface area contributed by atoms with Crippen LogP contribution in [0.25, 0.3) is 0 Å². The van der Waals surface area contributed by atoms with E-state index in [-0.39, 0.29) is 30.5 Å². The summed E-state index contributed by atoms with van der Waals surface area (Å²) in [5, 5.41) is 5.25. The number of para-hydroxylation sites is 2. The quantitative estimate of drug-likeness (QED) is 0.710. The van der Waals surface area contributed by atoms with Crippen molar-refractivity contribution in [2.75, 3.05) is 29.1 Å². The van der Waals surface area contributed by atoms with Crippen LogP contribution in [0.1, 0.15) is 25.8 Å². The molecule has 0 unspecified atom stereocenters. The highest BCUT2D eigenvalue weighted by atomic mass is 19.4. The summed E-state index contributed by atoms with van der Waals surface area (Å²) in [5.74, 6) is -1.06. The molecule has 2 atom stereocenters. The van der Waals surface area contributed by atoms with Gasteiger partial charge in [-0.3, -0.25) is 19.3 Å². The van der Waals surface area contributed by atoms with Crippen LogP contribution >= 0.6 is 0 Å². The van der Waals surface area contributed by atoms with Crippen molar-refractivity contribution in [3.63, 3.8) is 0 Å². The first-order valence-electron chi connectivity index (χ1n) is 10.4. The fourth-order valence-electron chi connectivity index (χ4n) is 3.61. The molecule has 33 heavy (non-hydrogen) atoms. The predicted molar refractivity (Wildman–Crippen MR) is 119 cm³/mol. The molecule has 0 aromatic heterocycles. The minimum atomic E-state index is -4.52. The fourth-order valence-corrected chi connectivity index (χ4v) is 3.61. The van der Waals surface area contributed by atoms with Crippen molar-refractivity contribution in [1.82, 2.24) is 4.90 Å². The van der Waals surface area contributed by atoms with Crippen LogP contribution < -0.4 is 15.5 Å². The molecule has 0 fully saturated rings. The lowest BCUT2D eigenvalue weighted by atomic mass is 10.1. The number of likely N-dealkylation sites (N-methyl/N-ethyl adjacent to an activating group) is 1. The van der Waals surface area contributed by atoms with Gasteiger partial charge in [-0.05, 0) is 51.2 Å². The van der Waals surface area contributed by atoms with Crippen LogP contribution in [-0.2, 0) is 20.6 Å². The van der Waals surface area contributed by atoms with E-state index in [0.29, 0.717) is 11.4 Å². The number of hydrogen-bond donors (Lipinski definition) is 2. The molecule has 2 N–H and O–H groups in total. The number of fused-ring (bicyclic) bond motifs is 1. The Bertz CT molecular complexity index is 1060. The van der Waals surface area contributed by atoms with Crippen molar-refractivity contribution >= 4 is 34.8 Å². The Hall–Kier alpha value is -3.40. The number of amides is 3. The monoisotopic (exact) mass is 462 g/mol. The zero-order chi connectivity index (χ0) is 24.3. The molecule has 10 heteroatoms. The highest BCUT2D eigenvalue weighted by Crippen LogP contribution is 2.32. The molecular formula is C23H25F3N4O3. The zero-order valence-corrected chi connectivity index (χ0v) is 18.4. The minimum absolute atomic E-state index is 0.0149. The molecule has 1 aliphatic rings. The van der Waals surface area contributed by atoms with Gasteiger partial charge in [0, 0.05) is 18.2 Å². The van der Waals surface area contributed by atoms with Crippen molar-refractivity contribution < 1.29 is 27.6 Å². The average Bonchev–Trinajstić information content (AvgIpc) is 2.86. The van der Waals surface area contributed by atoms with Crippen LogP contribution in [0, 0.1) is 0 Å². The van der Waals surface area contributed by atoms with E-state index in [4.69, 9.17) is 0 Å². The second kappa shape index (κ2) is 9.62. The number of hydrogen-bond acceptors (Lipinski definition) is 4. The van der Waals surface area contributed by atoms with E-state index in [1.807, 2.05) is 0 Å². The van der Waals surface area contributed by atoms with E-state index in [2.05, 4.69) is 10.6 Å². The highest BCUT2D eigenvalue weighted by molar-refractivity contribution is 6.05. The molecule has 0 radical (unpaired) electrons. The van der Waals surface area contributed by atoms with E-state index >= 15 is 0 Å². The SMILES string of the molecule is C[C@H](C(=O)Nc1cccc(C(F)(F)F)c1)N(C)CC(=O)N1c2ccccc2NC(=O)C[C@@H]1C. The normalized spacial score (nSPS) is 17.1. The third kappa shape index (κ3) is 5.70. The molecule has 1 heterocycles. The van der Waals surface area contributed by atoms with E-state index in [9.17, 15) is 27.6 Å². The summed E-state index contributed by atoms with van der Waals surface area (Å²) in [7, 11) is 1.58. The maximum absolute atomic E-state index is 13.2. The summed E-state index contributed by atoms with van der Waals surface area (Å²) in [6, 6.07) is 10.1. The standard InChI is InChI=1S/C23H25F3N4O3/c1-14-11-20(31)28-18-9-4-5-10-19(18)30(14)21(32)13-29(3)15(2)22(33)27-17-8-6-7-16(12-17)23(24,25)26/h4-10,12,14-15H,11,13H2,1-3H3,(H,27,33)(H,28,31)/t14-,15+/m0/s1. The van der Waals surface area contributed by atoms with Crippen LogP contribution in [0.3, 0.4) is 0 Å². The molecule has 0 bridgehead atoms. The molecule has 0 aliphatic carbocycles. The molecule has 2 aromatic rings. The van der Waals surface area contributed by atoms with E-state index in [0.717, 1.165) is 12.1 Å². The molecule has 0 saturated carbocycles. The number of anilines is 3. The van der Waals surface area contributed by atoms with E-state index < -0.39 is 29.7 Å². The van der Waals surface area contributed by atoms with Gasteiger partial charge in [-0.2, -0.15) is 13.2 Å². The second-order valence-corrected chi connectivity index (χ2v) is 8.04. The molecule has 7 nitrogen and oxygen atoms in total. The average molecular weight is 462 g/mol. The number of nitrogens with zero attached hydrogens (tertiary/aromatic N) is 2. The Morgan fingerprint density at radius 3 is 2.61 bits per heavy atom. The first-order valence-corrected chi connectivity index (χ1v) is 10.4. The summed E-state index contributed by atoms with van der Waals surface area (Å²) in [4.78, 5) is 40.9. The van der Waals surface area contributed by atoms with Crippen LogP contribution in [0.5, 0.6) is 0 Å². The number of nitrogens with one attached hydrogen (secondary N) is 2. The second-order valence-electron chi connectivity index (χ2n) is 8.04. The molecule has 0 spiro atoms. The smallest absolute Gasteiger partial charge is 0.325 e. The van der Waals surface area contributed by atoms with Gasteiger partial charge in [0.1, 0.15) is 0 Å². The van der Waals surface area contributed by atoms with Gasteiger partial charge in [-0.15, -0.1) is 0 Å². The third-order valence-electron chi connectivity index (χ3n) is 5.51. The van der Waals surface area contributed by atoms with Crippen LogP contribution in [0.2, 0.25) is 0 Å². The Balaban J connectivity index is 1.70. The van der Waals surface area contributed by atoms with Crippen LogP contribution in [0.4, 0.5) is 30.2 Å². The Morgan fingerprint density at radius 1 is 1.21 bits per heavy atom. The summed E-state index contributed by atoms with van der Waals surface area (Å²) < 4.78 is 38.7. The van der Waals surface area contributed by atoms with E-state index in [1.54, 1.807) is 45.2 Å². The molecule has 1 aliphatic heterocycles. The number of carbonyl (C=O) groups excluding carboxylic acids is 3. The lowest BCUT2D eigenvalue weighted by Crippen LogP contribution is -2.48. The molecule has 2 aromatic carbocycles. The van der Waals surface area contributed by atoms with Crippen LogP contribution in [0.15, 0.2) is 48.5 Å². The topological polar surface area (TPSA) is 81.8 Å². The summed E-state index contributed by atoms with van der Waals surface area (Å²) in [6.45, 7) is 3.19. The number of carbonyl (C=O) groups is 3. The third-order valence-corrected chi connectivity index (χ3v) is 5.51. The van der Waals surface area contributed by atoms with Gasteiger partial charge in [0.2, 0.25) is 17.7 Å². The van der Waals surface area contributed by atoms with Gasteiger partial charge >= 0.3 is 6.18 Å². The lowest BCUT2D eigenvalue weighted by molar-refractivity contribution is -0.137. The molecule has 3 rings (SSSR count). The van der Waals surface area contributed by atoms with Gasteiger partial charge in [0.15, 0.2) is 0 Å². The first-order chi connectivity index (χ1) is 15.5. The maximum atomic E-state index is 13.2.